The van der Waals surface area contributed by atoms with Crippen molar-refractivity contribution in [1.29, 1.82) is 0 Å². The van der Waals surface area contributed by atoms with Gasteiger partial charge in [0.2, 0.25) is 0 Å². The van der Waals surface area contributed by atoms with Gasteiger partial charge in [-0.1, -0.05) is 50.6 Å². The minimum absolute atomic E-state index is 0.266. The van der Waals surface area contributed by atoms with E-state index in [1.54, 1.807) is 6.07 Å². The second kappa shape index (κ2) is 14.5. The molecule has 3 amide bonds. The van der Waals surface area contributed by atoms with Crippen molar-refractivity contribution in [3.63, 3.8) is 0 Å². The van der Waals surface area contributed by atoms with Gasteiger partial charge in [0.15, 0.2) is 6.61 Å². The van der Waals surface area contributed by atoms with E-state index in [0.29, 0.717) is 5.02 Å². The average Bonchev–Trinajstić information content (AvgIpc) is 2.97. The molecule has 3 rings (SSSR count). The Hall–Kier alpha value is -2.51. The Morgan fingerprint density at radius 3 is 2.34 bits per heavy atom. The van der Waals surface area contributed by atoms with E-state index in [9.17, 15) is 9.59 Å². The monoisotopic (exact) mass is 464 g/mol. The quantitative estimate of drug-likeness (QED) is 0.500. The Bertz CT molecular complexity index is 781. The molecule has 2 unspecified atom stereocenters. The number of ether oxygens (including phenoxy) is 1. The van der Waals surface area contributed by atoms with Crippen LogP contribution in [0.3, 0.4) is 0 Å². The lowest BCUT2D eigenvalue weighted by Gasteiger charge is -2.34. The number of carbonyl (C=O) groups excluding carboxylic acids is 2. The zero-order valence-electron chi connectivity index (χ0n) is 19.4. The van der Waals surface area contributed by atoms with Crippen molar-refractivity contribution < 1.29 is 14.3 Å². The fraction of sp³-hybridized carbons (Fsp3) is 0.500. The molecule has 7 nitrogen and oxygen atoms in total. The van der Waals surface area contributed by atoms with E-state index in [1.807, 2.05) is 19.9 Å². The number of nitrogens with zero attached hydrogens (tertiary/aromatic N) is 1. The number of fused-ring (bicyclic) bond motifs is 2. The van der Waals surface area contributed by atoms with Gasteiger partial charge in [0, 0.05) is 23.7 Å². The van der Waals surface area contributed by atoms with Crippen LogP contribution in [0.1, 0.15) is 52.9 Å². The molecule has 0 saturated carbocycles. The zero-order valence-corrected chi connectivity index (χ0v) is 20.2. The van der Waals surface area contributed by atoms with Gasteiger partial charge in [0.25, 0.3) is 5.91 Å². The molecule has 0 aromatic heterocycles. The number of piperidine rings is 1. The number of allylic oxidation sites excluding steroid dienone is 1. The number of rotatable bonds is 7. The molecule has 2 aliphatic heterocycles. The second-order valence-electron chi connectivity index (χ2n) is 7.44. The Labute approximate surface area is 196 Å². The Kier molecular flexibility index (Phi) is 12.5. The number of hydrogen-bond donors (Lipinski definition) is 3. The first-order valence-electron chi connectivity index (χ1n) is 11.1. The van der Waals surface area contributed by atoms with Gasteiger partial charge < -0.3 is 21.5 Å². The maximum absolute atomic E-state index is 10.7. The Balaban J connectivity index is 0.000000299. The molecule has 1 aromatic carbocycles. The molecular weight excluding hydrogens is 428 g/mol. The third-order valence-corrected chi connectivity index (χ3v) is 5.65. The van der Waals surface area contributed by atoms with Crippen LogP contribution in [0.25, 0.3) is 0 Å². The summed E-state index contributed by atoms with van der Waals surface area (Å²) in [5, 5.41) is 2.71. The van der Waals surface area contributed by atoms with Gasteiger partial charge >= 0.3 is 6.03 Å². The summed E-state index contributed by atoms with van der Waals surface area (Å²) in [6.45, 7) is 10.8. The van der Waals surface area contributed by atoms with Crippen molar-refractivity contribution >= 4 is 29.2 Å². The average molecular weight is 465 g/mol. The standard InChI is InChI=1S/C13H21N.C9H10ClN3O3.C2H6/c1-3-11(4-2)10-14-12-6-5-7-13(14)9-8-12;10-5-1-2-7(16-4-8(11)14)6(3-5)13-9(12)15;1-2/h3-4,12-13H,1,5-10H2,2H3;1-3H,4H2,(H2,11,14)(H3,12,13,15);1-2H3/b11-4+;;. The summed E-state index contributed by atoms with van der Waals surface area (Å²) in [5.74, 6) is -0.359. The van der Waals surface area contributed by atoms with Crippen LogP contribution >= 0.6 is 11.6 Å². The summed E-state index contributed by atoms with van der Waals surface area (Å²) in [6, 6.07) is 5.49. The molecular formula is C24H37ClN4O3. The lowest BCUT2D eigenvalue weighted by molar-refractivity contribution is -0.119. The number of primary amides is 2. The van der Waals surface area contributed by atoms with Gasteiger partial charge in [-0.15, -0.1) is 0 Å². The SMILES string of the molecule is C=C/C(=C\C)CN1C2CCCC1CC2.CC.NC(=O)COc1ccc(Cl)cc1NC(N)=O. The molecule has 0 radical (unpaired) electrons. The molecule has 0 aliphatic carbocycles. The first kappa shape index (κ1) is 27.5. The van der Waals surface area contributed by atoms with Gasteiger partial charge in [0.1, 0.15) is 5.75 Å². The van der Waals surface area contributed by atoms with Gasteiger partial charge in [0.05, 0.1) is 5.69 Å². The van der Waals surface area contributed by atoms with Crippen molar-refractivity contribution in [3.8, 4) is 5.75 Å². The van der Waals surface area contributed by atoms with Gasteiger partial charge in [-0.2, -0.15) is 0 Å². The topological polar surface area (TPSA) is 111 Å². The number of nitrogens with two attached hydrogens (primary N) is 2. The van der Waals surface area contributed by atoms with Crippen LogP contribution in [0.4, 0.5) is 10.5 Å². The molecule has 2 saturated heterocycles. The Morgan fingerprint density at radius 2 is 1.84 bits per heavy atom. The predicted molar refractivity (Wildman–Crippen MR) is 132 cm³/mol. The highest BCUT2D eigenvalue weighted by molar-refractivity contribution is 6.31. The third-order valence-electron chi connectivity index (χ3n) is 5.41. The van der Waals surface area contributed by atoms with Crippen LogP contribution in [0.2, 0.25) is 5.02 Å². The van der Waals surface area contributed by atoms with E-state index < -0.39 is 11.9 Å². The van der Waals surface area contributed by atoms with Gasteiger partial charge in [-0.05, 0) is 56.4 Å². The lowest BCUT2D eigenvalue weighted by Crippen LogP contribution is -2.40. The molecule has 5 N–H and O–H groups in total. The number of halogens is 1. The van der Waals surface area contributed by atoms with E-state index in [0.717, 1.165) is 18.6 Å². The van der Waals surface area contributed by atoms with E-state index >= 15 is 0 Å². The van der Waals surface area contributed by atoms with E-state index in [1.165, 1.54) is 49.8 Å². The van der Waals surface area contributed by atoms with Crippen LogP contribution in [0, 0.1) is 0 Å². The highest BCUT2D eigenvalue weighted by Crippen LogP contribution is 2.35. The first-order chi connectivity index (χ1) is 15.3. The highest BCUT2D eigenvalue weighted by atomic mass is 35.5. The molecule has 0 spiro atoms. The summed E-state index contributed by atoms with van der Waals surface area (Å²) in [5.41, 5.74) is 11.5. The zero-order chi connectivity index (χ0) is 24.1. The maximum atomic E-state index is 10.7. The summed E-state index contributed by atoms with van der Waals surface area (Å²) in [6.07, 6.45) is 11.4. The van der Waals surface area contributed by atoms with Crippen LogP contribution < -0.4 is 21.5 Å². The van der Waals surface area contributed by atoms with E-state index in [4.69, 9.17) is 27.8 Å². The highest BCUT2D eigenvalue weighted by Gasteiger charge is 2.35. The van der Waals surface area contributed by atoms with Crippen molar-refractivity contribution in [2.24, 2.45) is 11.5 Å². The lowest BCUT2D eigenvalue weighted by atomic mass is 10.0. The summed E-state index contributed by atoms with van der Waals surface area (Å²) in [4.78, 5) is 23.9. The number of amides is 3. The van der Waals surface area contributed by atoms with Crippen LogP contribution in [0.5, 0.6) is 5.75 Å². The summed E-state index contributed by atoms with van der Waals surface area (Å²) in [7, 11) is 0. The molecule has 2 bridgehead atoms. The van der Waals surface area contributed by atoms with Crippen LogP contribution in [-0.4, -0.2) is 42.1 Å². The Morgan fingerprint density at radius 1 is 1.22 bits per heavy atom. The number of nitrogens with one attached hydrogen (secondary N) is 1. The molecule has 2 aliphatic rings. The molecule has 2 fully saturated rings. The number of anilines is 1. The van der Waals surface area contributed by atoms with Crippen molar-refractivity contribution in [2.75, 3.05) is 18.5 Å². The smallest absolute Gasteiger partial charge is 0.316 e. The van der Waals surface area contributed by atoms with Crippen molar-refractivity contribution in [1.82, 2.24) is 4.90 Å². The molecule has 178 valence electrons. The molecule has 8 heteroatoms. The fourth-order valence-electron chi connectivity index (χ4n) is 3.97. The number of urea groups is 1. The minimum Gasteiger partial charge on any atom is -0.482 e. The normalized spacial score (nSPS) is 19.6. The molecule has 32 heavy (non-hydrogen) atoms. The van der Waals surface area contributed by atoms with Crippen LogP contribution in [0.15, 0.2) is 42.5 Å². The van der Waals surface area contributed by atoms with Crippen LogP contribution in [-0.2, 0) is 4.79 Å². The molecule has 2 atom stereocenters. The van der Waals surface area contributed by atoms with Crippen molar-refractivity contribution in [3.05, 3.63) is 47.5 Å². The molecule has 1 aromatic rings. The largest absolute Gasteiger partial charge is 0.482 e. The predicted octanol–water partition coefficient (Wildman–Crippen LogP) is 4.86. The summed E-state index contributed by atoms with van der Waals surface area (Å²) >= 11 is 5.72. The van der Waals surface area contributed by atoms with Gasteiger partial charge in [-0.25, -0.2) is 4.79 Å². The maximum Gasteiger partial charge on any atom is 0.316 e. The third kappa shape index (κ3) is 8.93. The number of hydrogen-bond acceptors (Lipinski definition) is 4. The fourth-order valence-corrected chi connectivity index (χ4v) is 4.15. The number of carbonyl (C=O) groups is 2. The summed E-state index contributed by atoms with van der Waals surface area (Å²) < 4.78 is 5.05. The molecule has 2 heterocycles. The first-order valence-corrected chi connectivity index (χ1v) is 11.5. The van der Waals surface area contributed by atoms with E-state index in [2.05, 4.69) is 29.8 Å². The second-order valence-corrected chi connectivity index (χ2v) is 7.88. The van der Waals surface area contributed by atoms with Gasteiger partial charge in [-0.3, -0.25) is 9.69 Å². The van der Waals surface area contributed by atoms with Crippen molar-refractivity contribution in [2.45, 2.75) is 65.0 Å². The van der Waals surface area contributed by atoms with E-state index in [-0.39, 0.29) is 18.0 Å². The number of benzene rings is 1. The minimum atomic E-state index is -0.758.